The van der Waals surface area contributed by atoms with E-state index >= 15 is 0 Å². The Labute approximate surface area is 96.2 Å². The first-order chi connectivity index (χ1) is 7.79. The molecule has 0 bridgehead atoms. The van der Waals surface area contributed by atoms with Crippen LogP contribution in [0.25, 0.3) is 0 Å². The molecular weight excluding hydrogens is 239 g/mol. The molecule has 0 unspecified atom stereocenters. The topological polar surface area (TPSA) is 66.4 Å². The van der Waals surface area contributed by atoms with E-state index in [0.29, 0.717) is 25.7 Å². The number of hydrogen-bond acceptors (Lipinski definition) is 2. The summed E-state index contributed by atoms with van der Waals surface area (Å²) >= 11 is 0. The lowest BCUT2D eigenvalue weighted by atomic mass is 10.0. The van der Waals surface area contributed by atoms with Crippen molar-refractivity contribution in [2.24, 2.45) is 5.92 Å². The fourth-order valence-electron chi connectivity index (χ4n) is 2.06. The van der Waals surface area contributed by atoms with E-state index < -0.39 is 24.1 Å². The standard InChI is InChI=1S/C10H14F3NO3/c11-10(12,13)9(17)14-7-3-1-6(5-7)2-4-8(15)16/h6-7H,1-5H2,(H,14,17)(H,15,16)/t6-,7-/m0/s1. The normalized spacial score (nSPS) is 24.6. The van der Waals surface area contributed by atoms with Crippen LogP contribution in [-0.4, -0.2) is 29.2 Å². The van der Waals surface area contributed by atoms with Crippen molar-refractivity contribution < 1.29 is 27.9 Å². The molecule has 1 aliphatic rings. The van der Waals surface area contributed by atoms with Gasteiger partial charge in [0.25, 0.3) is 0 Å². The van der Waals surface area contributed by atoms with Crippen molar-refractivity contribution in [3.05, 3.63) is 0 Å². The van der Waals surface area contributed by atoms with E-state index in [1.807, 2.05) is 5.32 Å². The Morgan fingerprint density at radius 1 is 1.29 bits per heavy atom. The molecule has 0 heterocycles. The van der Waals surface area contributed by atoms with Crippen LogP contribution in [0.5, 0.6) is 0 Å². The Balaban J connectivity index is 2.31. The maximum absolute atomic E-state index is 12.0. The molecule has 1 fully saturated rings. The van der Waals surface area contributed by atoms with E-state index in [0.717, 1.165) is 0 Å². The van der Waals surface area contributed by atoms with E-state index in [-0.39, 0.29) is 12.3 Å². The summed E-state index contributed by atoms with van der Waals surface area (Å²) in [6.07, 6.45) is -2.81. The Kier molecular flexibility index (Phi) is 4.36. The molecule has 0 radical (unpaired) electrons. The van der Waals surface area contributed by atoms with Crippen LogP contribution in [0.15, 0.2) is 0 Å². The van der Waals surface area contributed by atoms with Gasteiger partial charge in [0, 0.05) is 12.5 Å². The monoisotopic (exact) mass is 253 g/mol. The number of aliphatic carboxylic acids is 1. The number of carboxylic acid groups (broad SMARTS) is 1. The van der Waals surface area contributed by atoms with Gasteiger partial charge in [-0.25, -0.2) is 0 Å². The first-order valence-corrected chi connectivity index (χ1v) is 5.38. The van der Waals surface area contributed by atoms with Gasteiger partial charge in [0.05, 0.1) is 0 Å². The largest absolute Gasteiger partial charge is 0.481 e. The van der Waals surface area contributed by atoms with Crippen LogP contribution in [-0.2, 0) is 9.59 Å². The number of halogens is 3. The van der Waals surface area contributed by atoms with E-state index in [2.05, 4.69) is 0 Å². The summed E-state index contributed by atoms with van der Waals surface area (Å²) in [6, 6.07) is -0.483. The average molecular weight is 253 g/mol. The lowest BCUT2D eigenvalue weighted by molar-refractivity contribution is -0.174. The second-order valence-electron chi connectivity index (χ2n) is 4.28. The third kappa shape index (κ3) is 4.62. The molecule has 4 nitrogen and oxygen atoms in total. The fraction of sp³-hybridized carbons (Fsp3) is 0.800. The van der Waals surface area contributed by atoms with Gasteiger partial charge in [0.15, 0.2) is 0 Å². The summed E-state index contributed by atoms with van der Waals surface area (Å²) in [5, 5.41) is 10.4. The second kappa shape index (κ2) is 5.37. The van der Waals surface area contributed by atoms with E-state index in [1.165, 1.54) is 0 Å². The summed E-state index contributed by atoms with van der Waals surface area (Å²) in [5.74, 6) is -2.74. The molecule has 2 atom stereocenters. The average Bonchev–Trinajstić information content (AvgIpc) is 2.61. The van der Waals surface area contributed by atoms with Crippen molar-refractivity contribution in [1.82, 2.24) is 5.32 Å². The molecule has 98 valence electrons. The number of hydrogen-bond donors (Lipinski definition) is 2. The summed E-state index contributed by atoms with van der Waals surface area (Å²) in [6.45, 7) is 0. The van der Waals surface area contributed by atoms with Gasteiger partial charge < -0.3 is 10.4 Å². The Morgan fingerprint density at radius 3 is 2.47 bits per heavy atom. The van der Waals surface area contributed by atoms with E-state index in [1.54, 1.807) is 0 Å². The molecule has 0 aromatic rings. The molecule has 0 saturated heterocycles. The number of carbonyl (C=O) groups is 2. The minimum atomic E-state index is -4.85. The zero-order chi connectivity index (χ0) is 13.1. The fourth-order valence-corrected chi connectivity index (χ4v) is 2.06. The molecular formula is C10H14F3NO3. The molecule has 1 amide bonds. The molecule has 0 spiro atoms. The van der Waals surface area contributed by atoms with Crippen LogP contribution in [0.4, 0.5) is 13.2 Å². The van der Waals surface area contributed by atoms with Gasteiger partial charge in [-0.05, 0) is 31.6 Å². The van der Waals surface area contributed by atoms with Gasteiger partial charge in [0.2, 0.25) is 0 Å². The van der Waals surface area contributed by atoms with Crippen molar-refractivity contribution in [3.63, 3.8) is 0 Å². The van der Waals surface area contributed by atoms with Gasteiger partial charge in [-0.3, -0.25) is 9.59 Å². The lowest BCUT2D eigenvalue weighted by Gasteiger charge is -2.14. The highest BCUT2D eigenvalue weighted by Crippen LogP contribution is 2.30. The molecule has 1 saturated carbocycles. The maximum atomic E-state index is 12.0. The van der Waals surface area contributed by atoms with E-state index in [4.69, 9.17) is 5.11 Å². The molecule has 2 N–H and O–H groups in total. The first-order valence-electron chi connectivity index (χ1n) is 5.38. The van der Waals surface area contributed by atoms with Crippen molar-refractivity contribution in [1.29, 1.82) is 0 Å². The lowest BCUT2D eigenvalue weighted by Crippen LogP contribution is -2.42. The summed E-state index contributed by atoms with van der Waals surface area (Å²) in [4.78, 5) is 21.0. The number of amides is 1. The second-order valence-corrected chi connectivity index (χ2v) is 4.28. The van der Waals surface area contributed by atoms with Crippen molar-refractivity contribution in [3.8, 4) is 0 Å². The molecule has 7 heteroatoms. The third-order valence-corrected chi connectivity index (χ3v) is 2.90. The Morgan fingerprint density at radius 2 is 1.94 bits per heavy atom. The first kappa shape index (κ1) is 13.8. The van der Waals surface area contributed by atoms with Crippen molar-refractivity contribution in [2.75, 3.05) is 0 Å². The highest BCUT2D eigenvalue weighted by atomic mass is 19.4. The van der Waals surface area contributed by atoms with Crippen LogP contribution in [0.2, 0.25) is 0 Å². The van der Waals surface area contributed by atoms with Crippen LogP contribution < -0.4 is 5.32 Å². The van der Waals surface area contributed by atoms with Gasteiger partial charge in [-0.2, -0.15) is 13.2 Å². The van der Waals surface area contributed by atoms with Gasteiger partial charge in [-0.15, -0.1) is 0 Å². The Bertz CT molecular complexity index is 304. The van der Waals surface area contributed by atoms with E-state index in [9.17, 15) is 22.8 Å². The summed E-state index contributed by atoms with van der Waals surface area (Å²) < 4.78 is 35.9. The quantitative estimate of drug-likeness (QED) is 0.801. The van der Waals surface area contributed by atoms with Gasteiger partial charge in [-0.1, -0.05) is 0 Å². The van der Waals surface area contributed by atoms with Crippen LogP contribution >= 0.6 is 0 Å². The van der Waals surface area contributed by atoms with Gasteiger partial charge >= 0.3 is 18.1 Å². The van der Waals surface area contributed by atoms with Crippen molar-refractivity contribution in [2.45, 2.75) is 44.3 Å². The number of alkyl halides is 3. The number of nitrogens with one attached hydrogen (secondary N) is 1. The summed E-state index contributed by atoms with van der Waals surface area (Å²) in [7, 11) is 0. The number of carbonyl (C=O) groups excluding carboxylic acids is 1. The summed E-state index contributed by atoms with van der Waals surface area (Å²) in [5.41, 5.74) is 0. The zero-order valence-electron chi connectivity index (χ0n) is 9.09. The van der Waals surface area contributed by atoms with Crippen molar-refractivity contribution >= 4 is 11.9 Å². The smallest absolute Gasteiger partial charge is 0.471 e. The number of rotatable bonds is 4. The molecule has 0 aromatic heterocycles. The number of carboxylic acids is 1. The predicted octanol–water partition coefficient (Wildman–Crippen LogP) is 1.70. The zero-order valence-corrected chi connectivity index (χ0v) is 9.09. The van der Waals surface area contributed by atoms with Crippen LogP contribution in [0.3, 0.4) is 0 Å². The Hall–Kier alpha value is -1.27. The van der Waals surface area contributed by atoms with Gasteiger partial charge in [0.1, 0.15) is 0 Å². The predicted molar refractivity (Wildman–Crippen MR) is 52.2 cm³/mol. The molecule has 0 aromatic carbocycles. The minimum absolute atomic E-state index is 0.0185. The molecule has 0 aliphatic heterocycles. The molecule has 17 heavy (non-hydrogen) atoms. The highest BCUT2D eigenvalue weighted by Gasteiger charge is 2.40. The molecule has 1 rings (SSSR count). The minimum Gasteiger partial charge on any atom is -0.481 e. The third-order valence-electron chi connectivity index (χ3n) is 2.90. The highest BCUT2D eigenvalue weighted by molar-refractivity contribution is 5.81. The van der Waals surface area contributed by atoms with Crippen LogP contribution in [0.1, 0.15) is 32.1 Å². The molecule has 1 aliphatic carbocycles. The maximum Gasteiger partial charge on any atom is 0.471 e. The SMILES string of the molecule is O=C(O)CC[C@@H]1CC[C@H](NC(=O)C(F)(F)F)C1. The van der Waals surface area contributed by atoms with Crippen LogP contribution in [0, 0.1) is 5.92 Å².